The molecule has 33 heavy (non-hydrogen) atoms. The molecule has 1 fully saturated rings. The third kappa shape index (κ3) is 7.65. The monoisotopic (exact) mass is 570 g/mol. The Morgan fingerprint density at radius 2 is 1.79 bits per heavy atom. The molecule has 2 aromatic rings. The molecule has 0 radical (unpaired) electrons. The Hall–Kier alpha value is -2.24. The van der Waals surface area contributed by atoms with Crippen LogP contribution in [0, 0.1) is 0 Å². The van der Waals surface area contributed by atoms with Crippen LogP contribution in [-0.2, 0) is 4.74 Å². The van der Waals surface area contributed by atoms with Crippen LogP contribution >= 0.6 is 24.0 Å². The molecule has 3 rings (SSSR count). The Bertz CT molecular complexity index is 873. The first-order valence-corrected chi connectivity index (χ1v) is 10.9. The molecule has 0 spiro atoms. The van der Waals surface area contributed by atoms with E-state index < -0.39 is 0 Å². The van der Waals surface area contributed by atoms with Crippen molar-refractivity contribution in [2.45, 2.75) is 13.0 Å². The van der Waals surface area contributed by atoms with Crippen LogP contribution in [0.4, 0.5) is 5.69 Å². The van der Waals surface area contributed by atoms with Gasteiger partial charge in [0.1, 0.15) is 5.75 Å². The number of hydrogen-bond donors (Lipinski definition) is 2. The van der Waals surface area contributed by atoms with Crippen LogP contribution in [0.5, 0.6) is 17.2 Å². The number of aliphatic imine (C=N–C) groups is 1. The molecule has 0 amide bonds. The minimum Gasteiger partial charge on any atom is -0.497 e. The van der Waals surface area contributed by atoms with E-state index in [0.29, 0.717) is 24.9 Å². The molecule has 0 aromatic heterocycles. The van der Waals surface area contributed by atoms with Crippen molar-refractivity contribution in [3.05, 3.63) is 48.0 Å². The maximum absolute atomic E-state index is 5.60. The van der Waals surface area contributed by atoms with Gasteiger partial charge in [-0.3, -0.25) is 9.89 Å². The second-order valence-electron chi connectivity index (χ2n) is 7.31. The fourth-order valence-electron chi connectivity index (χ4n) is 3.70. The number of hydrogen-bond acceptors (Lipinski definition) is 6. The van der Waals surface area contributed by atoms with Crippen LogP contribution < -0.4 is 24.8 Å². The van der Waals surface area contributed by atoms with Crippen molar-refractivity contribution >= 4 is 35.6 Å². The van der Waals surface area contributed by atoms with E-state index in [0.717, 1.165) is 43.5 Å². The summed E-state index contributed by atoms with van der Waals surface area (Å²) in [7, 11) is 5.08. The average molecular weight is 570 g/mol. The molecule has 182 valence electrons. The Kier molecular flexibility index (Phi) is 11.6. The van der Waals surface area contributed by atoms with Crippen molar-refractivity contribution in [1.82, 2.24) is 10.2 Å². The van der Waals surface area contributed by atoms with Gasteiger partial charge in [-0.1, -0.05) is 12.1 Å². The van der Waals surface area contributed by atoms with Crippen LogP contribution in [0.15, 0.2) is 47.5 Å². The van der Waals surface area contributed by atoms with Crippen LogP contribution in [0.1, 0.15) is 18.5 Å². The smallest absolute Gasteiger partial charge is 0.195 e. The molecule has 1 aliphatic heterocycles. The zero-order chi connectivity index (χ0) is 22.8. The fourth-order valence-corrected chi connectivity index (χ4v) is 3.70. The van der Waals surface area contributed by atoms with E-state index in [1.54, 1.807) is 21.3 Å². The number of halogens is 1. The SMILES string of the molecule is CCOc1ccc(NC(=NC)NCC(c2ccc(OC)cc2)N2CCOCC2)cc1OC.I. The zero-order valence-corrected chi connectivity index (χ0v) is 22.1. The van der Waals surface area contributed by atoms with Gasteiger partial charge in [-0.15, -0.1) is 24.0 Å². The highest BCUT2D eigenvalue weighted by molar-refractivity contribution is 14.0. The van der Waals surface area contributed by atoms with Crippen molar-refractivity contribution in [3.63, 3.8) is 0 Å². The third-order valence-electron chi connectivity index (χ3n) is 5.40. The molecule has 1 atom stereocenters. The first-order chi connectivity index (χ1) is 15.7. The van der Waals surface area contributed by atoms with E-state index >= 15 is 0 Å². The molecule has 0 bridgehead atoms. The molecular formula is C24H35IN4O4. The van der Waals surface area contributed by atoms with Crippen molar-refractivity contribution in [2.24, 2.45) is 4.99 Å². The average Bonchev–Trinajstić information content (AvgIpc) is 2.85. The quantitative estimate of drug-likeness (QED) is 0.270. The van der Waals surface area contributed by atoms with E-state index in [-0.39, 0.29) is 30.0 Å². The van der Waals surface area contributed by atoms with Crippen LogP contribution in [0.3, 0.4) is 0 Å². The minimum atomic E-state index is 0. The summed E-state index contributed by atoms with van der Waals surface area (Å²) in [6.07, 6.45) is 0. The third-order valence-corrected chi connectivity index (χ3v) is 5.40. The number of ether oxygens (including phenoxy) is 4. The predicted molar refractivity (Wildman–Crippen MR) is 143 cm³/mol. The lowest BCUT2D eigenvalue weighted by atomic mass is 10.0. The number of morpholine rings is 1. The van der Waals surface area contributed by atoms with Gasteiger partial charge in [0.2, 0.25) is 0 Å². The Morgan fingerprint density at radius 1 is 1.06 bits per heavy atom. The summed E-state index contributed by atoms with van der Waals surface area (Å²) < 4.78 is 21.9. The number of methoxy groups -OCH3 is 2. The molecule has 1 aliphatic rings. The highest BCUT2D eigenvalue weighted by Crippen LogP contribution is 2.30. The standard InChI is InChI=1S/C24H34N4O4.HI/c1-5-32-22-11-8-19(16-23(22)30-4)27-24(25-2)26-17-21(28-12-14-31-15-13-28)18-6-9-20(29-3)10-7-18;/h6-11,16,21H,5,12-15,17H2,1-4H3,(H2,25,26,27);1H. The van der Waals surface area contributed by atoms with Gasteiger partial charge in [-0.05, 0) is 36.8 Å². The molecule has 1 heterocycles. The lowest BCUT2D eigenvalue weighted by Gasteiger charge is -2.35. The van der Waals surface area contributed by atoms with E-state index in [2.05, 4.69) is 32.7 Å². The summed E-state index contributed by atoms with van der Waals surface area (Å²) in [6, 6.07) is 14.2. The van der Waals surface area contributed by atoms with Gasteiger partial charge in [0.15, 0.2) is 17.5 Å². The van der Waals surface area contributed by atoms with Crippen molar-refractivity contribution in [2.75, 3.05) is 66.0 Å². The van der Waals surface area contributed by atoms with E-state index in [1.807, 2.05) is 37.3 Å². The Labute approximate surface area is 213 Å². The van der Waals surface area contributed by atoms with E-state index in [9.17, 15) is 0 Å². The molecular weight excluding hydrogens is 535 g/mol. The number of nitrogens with zero attached hydrogens (tertiary/aromatic N) is 2. The minimum absolute atomic E-state index is 0. The van der Waals surface area contributed by atoms with Gasteiger partial charge in [0, 0.05) is 38.4 Å². The number of benzene rings is 2. The van der Waals surface area contributed by atoms with Crippen molar-refractivity contribution in [3.8, 4) is 17.2 Å². The first-order valence-electron chi connectivity index (χ1n) is 10.9. The number of anilines is 1. The summed E-state index contributed by atoms with van der Waals surface area (Å²) in [5, 5.41) is 6.81. The maximum atomic E-state index is 5.60. The molecule has 8 nitrogen and oxygen atoms in total. The fraction of sp³-hybridized carbons (Fsp3) is 0.458. The first kappa shape index (κ1) is 27.0. The van der Waals surface area contributed by atoms with Crippen LogP contribution in [0.2, 0.25) is 0 Å². The lowest BCUT2D eigenvalue weighted by molar-refractivity contribution is 0.0170. The van der Waals surface area contributed by atoms with Crippen molar-refractivity contribution in [1.29, 1.82) is 0 Å². The largest absolute Gasteiger partial charge is 0.497 e. The molecule has 2 N–H and O–H groups in total. The molecule has 1 unspecified atom stereocenters. The lowest BCUT2D eigenvalue weighted by Crippen LogP contribution is -2.44. The van der Waals surface area contributed by atoms with Gasteiger partial charge in [0.05, 0.1) is 40.1 Å². The number of nitrogens with one attached hydrogen (secondary N) is 2. The van der Waals surface area contributed by atoms with Gasteiger partial charge in [-0.2, -0.15) is 0 Å². The van der Waals surface area contributed by atoms with Crippen LogP contribution in [-0.4, -0.2) is 71.6 Å². The number of guanidine groups is 1. The highest BCUT2D eigenvalue weighted by Gasteiger charge is 2.23. The summed E-state index contributed by atoms with van der Waals surface area (Å²) in [5.41, 5.74) is 2.09. The second kappa shape index (κ2) is 14.1. The van der Waals surface area contributed by atoms with Crippen molar-refractivity contribution < 1.29 is 18.9 Å². The Morgan fingerprint density at radius 3 is 2.39 bits per heavy atom. The summed E-state index contributed by atoms with van der Waals surface area (Å²) in [4.78, 5) is 6.83. The molecule has 1 saturated heterocycles. The Balaban J connectivity index is 0.00000385. The molecule has 2 aromatic carbocycles. The normalized spacial score (nSPS) is 15.2. The number of rotatable bonds is 9. The van der Waals surface area contributed by atoms with Gasteiger partial charge in [0.25, 0.3) is 0 Å². The van der Waals surface area contributed by atoms with Gasteiger partial charge < -0.3 is 29.6 Å². The highest BCUT2D eigenvalue weighted by atomic mass is 127. The summed E-state index contributed by atoms with van der Waals surface area (Å²) in [5.74, 6) is 2.93. The molecule has 9 heteroatoms. The topological polar surface area (TPSA) is 76.6 Å². The zero-order valence-electron chi connectivity index (χ0n) is 19.8. The van der Waals surface area contributed by atoms with Gasteiger partial charge in [-0.25, -0.2) is 0 Å². The van der Waals surface area contributed by atoms with E-state index in [4.69, 9.17) is 18.9 Å². The van der Waals surface area contributed by atoms with Gasteiger partial charge >= 0.3 is 0 Å². The summed E-state index contributed by atoms with van der Waals surface area (Å²) >= 11 is 0. The van der Waals surface area contributed by atoms with E-state index in [1.165, 1.54) is 5.56 Å². The maximum Gasteiger partial charge on any atom is 0.195 e. The predicted octanol–water partition coefficient (Wildman–Crippen LogP) is 3.78. The second-order valence-corrected chi connectivity index (χ2v) is 7.31. The molecule has 0 aliphatic carbocycles. The molecule has 0 saturated carbocycles. The van der Waals surface area contributed by atoms with Crippen LogP contribution in [0.25, 0.3) is 0 Å². The summed E-state index contributed by atoms with van der Waals surface area (Å²) in [6.45, 7) is 6.49.